The number of ether oxygens (including phenoxy) is 1. The first-order chi connectivity index (χ1) is 9.02. The maximum Gasteiger partial charge on any atom is 0.196 e. The summed E-state index contributed by atoms with van der Waals surface area (Å²) in [7, 11) is 1.53. The number of benzene rings is 2. The van der Waals surface area contributed by atoms with Crippen LogP contribution in [-0.2, 0) is 0 Å². The second-order valence-corrected chi connectivity index (χ2v) is 4.66. The molecule has 98 valence electrons. The average molecular weight is 276 g/mol. The first kappa shape index (κ1) is 13.4. The highest BCUT2D eigenvalue weighted by Gasteiger charge is 2.16. The van der Waals surface area contributed by atoms with Gasteiger partial charge in [0.2, 0.25) is 0 Å². The van der Waals surface area contributed by atoms with Crippen molar-refractivity contribution in [1.82, 2.24) is 0 Å². The van der Waals surface area contributed by atoms with Crippen molar-refractivity contribution in [3.8, 4) is 5.75 Å². The van der Waals surface area contributed by atoms with Gasteiger partial charge in [-0.05, 0) is 48.9 Å². The van der Waals surface area contributed by atoms with Crippen LogP contribution < -0.4 is 10.5 Å². The number of hydrogen-bond donors (Lipinski definition) is 1. The van der Waals surface area contributed by atoms with E-state index in [1.807, 2.05) is 6.92 Å². The minimum absolute atomic E-state index is 0.140. The van der Waals surface area contributed by atoms with E-state index < -0.39 is 0 Å². The van der Waals surface area contributed by atoms with E-state index in [1.54, 1.807) is 36.4 Å². The van der Waals surface area contributed by atoms with E-state index in [-0.39, 0.29) is 5.78 Å². The normalized spacial score (nSPS) is 10.3. The van der Waals surface area contributed by atoms with E-state index in [9.17, 15) is 4.79 Å². The maximum absolute atomic E-state index is 12.4. The summed E-state index contributed by atoms with van der Waals surface area (Å²) >= 11 is 6.07. The minimum Gasteiger partial charge on any atom is -0.496 e. The summed E-state index contributed by atoms with van der Waals surface area (Å²) in [6, 6.07) is 10.1. The lowest BCUT2D eigenvalue weighted by Crippen LogP contribution is -2.05. The van der Waals surface area contributed by atoms with Crippen LogP contribution in [0.1, 0.15) is 21.5 Å². The SMILES string of the molecule is COc1cc(C)c(Cl)cc1C(=O)c1ccc(N)cc1. The zero-order valence-corrected chi connectivity index (χ0v) is 11.5. The van der Waals surface area contributed by atoms with Crippen molar-refractivity contribution >= 4 is 23.1 Å². The molecule has 0 aliphatic carbocycles. The van der Waals surface area contributed by atoms with E-state index in [0.717, 1.165) is 5.56 Å². The lowest BCUT2D eigenvalue weighted by Gasteiger charge is -2.10. The molecule has 0 unspecified atom stereocenters. The summed E-state index contributed by atoms with van der Waals surface area (Å²) in [4.78, 5) is 12.4. The Labute approximate surface area is 117 Å². The van der Waals surface area contributed by atoms with Crippen LogP contribution >= 0.6 is 11.6 Å². The fourth-order valence-corrected chi connectivity index (χ4v) is 1.96. The van der Waals surface area contributed by atoms with Crippen molar-refractivity contribution < 1.29 is 9.53 Å². The molecule has 2 N–H and O–H groups in total. The Bertz CT molecular complexity index is 621. The first-order valence-corrected chi connectivity index (χ1v) is 6.15. The molecule has 2 rings (SSSR count). The summed E-state index contributed by atoms with van der Waals surface area (Å²) in [5.41, 5.74) is 8.09. The predicted octanol–water partition coefficient (Wildman–Crippen LogP) is 3.47. The topological polar surface area (TPSA) is 52.3 Å². The molecule has 19 heavy (non-hydrogen) atoms. The molecular weight excluding hydrogens is 262 g/mol. The minimum atomic E-state index is -0.140. The molecule has 0 spiro atoms. The lowest BCUT2D eigenvalue weighted by atomic mass is 10.0. The molecule has 0 fully saturated rings. The highest BCUT2D eigenvalue weighted by Crippen LogP contribution is 2.28. The Hall–Kier alpha value is -2.00. The molecule has 0 bridgehead atoms. The van der Waals surface area contributed by atoms with E-state index in [2.05, 4.69) is 0 Å². The number of nitrogen functional groups attached to an aromatic ring is 1. The smallest absolute Gasteiger partial charge is 0.196 e. The van der Waals surface area contributed by atoms with Crippen molar-refractivity contribution in [1.29, 1.82) is 0 Å². The zero-order valence-electron chi connectivity index (χ0n) is 10.7. The number of carbonyl (C=O) groups excluding carboxylic acids is 1. The van der Waals surface area contributed by atoms with Gasteiger partial charge in [-0.1, -0.05) is 11.6 Å². The molecule has 0 atom stereocenters. The quantitative estimate of drug-likeness (QED) is 0.689. The van der Waals surface area contributed by atoms with Crippen molar-refractivity contribution in [3.63, 3.8) is 0 Å². The van der Waals surface area contributed by atoms with Crippen molar-refractivity contribution in [2.24, 2.45) is 0 Å². The molecule has 0 aliphatic heterocycles. The summed E-state index contributed by atoms with van der Waals surface area (Å²) in [5, 5.41) is 0.541. The van der Waals surface area contributed by atoms with E-state index in [0.29, 0.717) is 27.6 Å². The molecule has 2 aromatic carbocycles. The third-order valence-electron chi connectivity index (χ3n) is 2.90. The molecule has 2 aromatic rings. The van der Waals surface area contributed by atoms with Crippen molar-refractivity contribution in [2.75, 3.05) is 12.8 Å². The van der Waals surface area contributed by atoms with Gasteiger partial charge in [0, 0.05) is 16.3 Å². The Balaban J connectivity index is 2.49. The van der Waals surface area contributed by atoms with Crippen molar-refractivity contribution in [2.45, 2.75) is 6.92 Å². The molecular formula is C15H14ClNO2. The van der Waals surface area contributed by atoms with Crippen molar-refractivity contribution in [3.05, 3.63) is 58.1 Å². The van der Waals surface area contributed by atoms with Crippen LogP contribution in [0.25, 0.3) is 0 Å². The van der Waals surface area contributed by atoms with Crippen LogP contribution in [-0.4, -0.2) is 12.9 Å². The number of nitrogens with two attached hydrogens (primary N) is 1. The number of anilines is 1. The van der Waals surface area contributed by atoms with Gasteiger partial charge in [0.1, 0.15) is 5.75 Å². The Morgan fingerprint density at radius 3 is 2.42 bits per heavy atom. The molecule has 3 nitrogen and oxygen atoms in total. The zero-order chi connectivity index (χ0) is 14.0. The molecule has 0 saturated carbocycles. The highest BCUT2D eigenvalue weighted by molar-refractivity contribution is 6.32. The average Bonchev–Trinajstić information content (AvgIpc) is 2.41. The fourth-order valence-electron chi connectivity index (χ4n) is 1.79. The Morgan fingerprint density at radius 1 is 1.21 bits per heavy atom. The van der Waals surface area contributed by atoms with Crippen LogP contribution in [0.4, 0.5) is 5.69 Å². The number of methoxy groups -OCH3 is 1. The predicted molar refractivity (Wildman–Crippen MR) is 77.0 cm³/mol. The summed E-state index contributed by atoms with van der Waals surface area (Å²) in [6.45, 7) is 1.86. The molecule has 0 aliphatic rings. The third kappa shape index (κ3) is 2.71. The second-order valence-electron chi connectivity index (χ2n) is 4.25. The number of halogens is 1. The third-order valence-corrected chi connectivity index (χ3v) is 3.31. The highest BCUT2D eigenvalue weighted by atomic mass is 35.5. The summed E-state index contributed by atoms with van der Waals surface area (Å²) in [6.07, 6.45) is 0. The number of aryl methyl sites for hydroxylation is 1. The van der Waals surface area contributed by atoms with Gasteiger partial charge in [-0.3, -0.25) is 4.79 Å². The summed E-state index contributed by atoms with van der Waals surface area (Å²) in [5.74, 6) is 0.377. The number of hydrogen-bond acceptors (Lipinski definition) is 3. The van der Waals surface area contributed by atoms with Gasteiger partial charge < -0.3 is 10.5 Å². The van der Waals surface area contributed by atoms with Gasteiger partial charge in [0.05, 0.1) is 12.7 Å². The molecule has 0 saturated heterocycles. The van der Waals surface area contributed by atoms with Crippen LogP contribution in [0.3, 0.4) is 0 Å². The maximum atomic E-state index is 12.4. The number of carbonyl (C=O) groups is 1. The lowest BCUT2D eigenvalue weighted by molar-refractivity contribution is 0.103. The van der Waals surface area contributed by atoms with Crippen LogP contribution in [0, 0.1) is 6.92 Å². The largest absolute Gasteiger partial charge is 0.496 e. The van der Waals surface area contributed by atoms with Gasteiger partial charge >= 0.3 is 0 Å². The van der Waals surface area contributed by atoms with Gasteiger partial charge in [-0.25, -0.2) is 0 Å². The Kier molecular flexibility index (Phi) is 3.76. The van der Waals surface area contributed by atoms with E-state index >= 15 is 0 Å². The summed E-state index contributed by atoms with van der Waals surface area (Å²) < 4.78 is 5.24. The monoisotopic (exact) mass is 275 g/mol. The van der Waals surface area contributed by atoms with Crippen LogP contribution in [0.5, 0.6) is 5.75 Å². The molecule has 0 amide bonds. The number of rotatable bonds is 3. The first-order valence-electron chi connectivity index (χ1n) is 5.77. The molecule has 4 heteroatoms. The fraction of sp³-hybridized carbons (Fsp3) is 0.133. The standard InChI is InChI=1S/C15H14ClNO2/c1-9-7-14(19-2)12(8-13(9)16)15(18)10-3-5-11(17)6-4-10/h3-8H,17H2,1-2H3. The Morgan fingerprint density at radius 2 is 1.84 bits per heavy atom. The van der Waals surface area contributed by atoms with Gasteiger partial charge in [-0.15, -0.1) is 0 Å². The number of ketones is 1. The molecule has 0 heterocycles. The second kappa shape index (κ2) is 5.33. The molecule has 0 radical (unpaired) electrons. The van der Waals surface area contributed by atoms with E-state index in [4.69, 9.17) is 22.1 Å². The molecule has 0 aromatic heterocycles. The van der Waals surface area contributed by atoms with Gasteiger partial charge in [0.15, 0.2) is 5.78 Å². The van der Waals surface area contributed by atoms with Crippen LogP contribution in [0.15, 0.2) is 36.4 Å². The van der Waals surface area contributed by atoms with Crippen LogP contribution in [0.2, 0.25) is 5.02 Å². The van der Waals surface area contributed by atoms with Gasteiger partial charge in [0.25, 0.3) is 0 Å². The van der Waals surface area contributed by atoms with E-state index in [1.165, 1.54) is 7.11 Å². The van der Waals surface area contributed by atoms with Gasteiger partial charge in [-0.2, -0.15) is 0 Å².